The van der Waals surface area contributed by atoms with Crippen molar-refractivity contribution in [2.24, 2.45) is 0 Å². The Morgan fingerprint density at radius 3 is 2.88 bits per heavy atom. The largest absolute Gasteiger partial charge is 0.418 e. The fraction of sp³-hybridized carbons (Fsp3) is 0.267. The van der Waals surface area contributed by atoms with Crippen molar-refractivity contribution in [2.75, 3.05) is 11.1 Å². The molecule has 0 aliphatic carbocycles. The van der Waals surface area contributed by atoms with Crippen LogP contribution in [0.1, 0.15) is 16.8 Å². The van der Waals surface area contributed by atoms with Gasteiger partial charge in [0, 0.05) is 22.1 Å². The molecule has 0 saturated heterocycles. The average molecular weight is 422 g/mol. The van der Waals surface area contributed by atoms with E-state index in [9.17, 15) is 22.8 Å². The number of nitrogens with zero attached hydrogens (tertiary/aromatic N) is 1. The predicted octanol–water partition coefficient (Wildman–Crippen LogP) is 3.92. The number of hydrogen-bond donors (Lipinski definition) is 2. The van der Waals surface area contributed by atoms with Gasteiger partial charge in [0.1, 0.15) is 0 Å². The summed E-state index contributed by atoms with van der Waals surface area (Å²) in [4.78, 5) is 30.8. The van der Waals surface area contributed by atoms with E-state index in [4.69, 9.17) is 11.6 Å². The van der Waals surface area contributed by atoms with Crippen LogP contribution in [-0.4, -0.2) is 21.6 Å². The van der Waals surface area contributed by atoms with Gasteiger partial charge in [-0.1, -0.05) is 23.4 Å². The van der Waals surface area contributed by atoms with Gasteiger partial charge in [-0.05, 0) is 18.2 Å². The number of aromatic amines is 1. The number of aromatic nitrogens is 2. The van der Waals surface area contributed by atoms with Crippen molar-refractivity contribution in [3.05, 3.63) is 50.4 Å². The molecule has 2 aromatic rings. The minimum atomic E-state index is -4.62. The normalized spacial score (nSPS) is 13.5. The summed E-state index contributed by atoms with van der Waals surface area (Å²) in [5.74, 6) is 0.341. The molecule has 138 valence electrons. The smallest absolute Gasteiger partial charge is 0.325 e. The second-order valence-corrected chi connectivity index (χ2v) is 7.70. The lowest BCUT2D eigenvalue weighted by molar-refractivity contribution is -0.137. The van der Waals surface area contributed by atoms with Crippen LogP contribution in [0.25, 0.3) is 0 Å². The number of alkyl halides is 3. The Labute approximate surface area is 159 Å². The Morgan fingerprint density at radius 2 is 2.15 bits per heavy atom. The van der Waals surface area contributed by atoms with E-state index in [0.717, 1.165) is 30.0 Å². The topological polar surface area (TPSA) is 74.8 Å². The van der Waals surface area contributed by atoms with Crippen LogP contribution in [0.2, 0.25) is 5.02 Å². The highest BCUT2D eigenvalue weighted by Crippen LogP contribution is 2.36. The molecule has 0 atom stereocenters. The molecule has 0 spiro atoms. The third kappa shape index (κ3) is 4.36. The minimum absolute atomic E-state index is 0.0723. The number of carbonyl (C=O) groups is 1. The number of benzene rings is 1. The molecule has 2 heterocycles. The van der Waals surface area contributed by atoms with E-state index in [-0.39, 0.29) is 21.5 Å². The molecule has 26 heavy (non-hydrogen) atoms. The number of anilines is 1. The van der Waals surface area contributed by atoms with Crippen LogP contribution in [-0.2, 0) is 22.5 Å². The summed E-state index contributed by atoms with van der Waals surface area (Å²) in [5.41, 5.74) is -0.353. The summed E-state index contributed by atoms with van der Waals surface area (Å²) in [5, 5.41) is 2.54. The number of hydrogen-bond acceptors (Lipinski definition) is 5. The van der Waals surface area contributed by atoms with Gasteiger partial charge in [-0.2, -0.15) is 24.9 Å². The molecule has 0 unspecified atom stereocenters. The molecule has 1 aromatic heterocycles. The first-order valence-electron chi connectivity index (χ1n) is 7.23. The van der Waals surface area contributed by atoms with Gasteiger partial charge in [0.15, 0.2) is 5.16 Å². The Morgan fingerprint density at radius 1 is 1.38 bits per heavy atom. The van der Waals surface area contributed by atoms with Gasteiger partial charge in [-0.15, -0.1) is 0 Å². The van der Waals surface area contributed by atoms with Crippen molar-refractivity contribution in [1.29, 1.82) is 0 Å². The summed E-state index contributed by atoms with van der Waals surface area (Å²) in [6, 6.07) is 2.95. The third-order valence-corrected chi connectivity index (χ3v) is 5.54. The maximum Gasteiger partial charge on any atom is 0.418 e. The van der Waals surface area contributed by atoms with Crippen LogP contribution in [0, 0.1) is 0 Å². The fourth-order valence-corrected chi connectivity index (χ4v) is 4.18. The molecule has 1 aliphatic rings. The second-order valence-electron chi connectivity index (χ2n) is 5.31. The van der Waals surface area contributed by atoms with Crippen LogP contribution in [0.5, 0.6) is 0 Å². The highest BCUT2D eigenvalue weighted by atomic mass is 35.5. The van der Waals surface area contributed by atoms with Crippen molar-refractivity contribution in [3.63, 3.8) is 0 Å². The second kappa shape index (κ2) is 7.53. The first kappa shape index (κ1) is 19.1. The van der Waals surface area contributed by atoms with Crippen molar-refractivity contribution in [3.8, 4) is 0 Å². The molecule has 1 aliphatic heterocycles. The van der Waals surface area contributed by atoms with Gasteiger partial charge < -0.3 is 10.3 Å². The molecule has 2 N–H and O–H groups in total. The van der Waals surface area contributed by atoms with Crippen LogP contribution in [0.4, 0.5) is 18.9 Å². The Bertz CT molecular complexity index is 918. The van der Waals surface area contributed by atoms with Crippen LogP contribution >= 0.6 is 35.1 Å². The average Bonchev–Trinajstić information content (AvgIpc) is 3.01. The predicted molar refractivity (Wildman–Crippen MR) is 95.7 cm³/mol. The number of rotatable bonds is 4. The molecule has 1 aromatic carbocycles. The lowest BCUT2D eigenvalue weighted by atomic mass is 10.1. The number of halogens is 4. The monoisotopic (exact) mass is 421 g/mol. The summed E-state index contributed by atoms with van der Waals surface area (Å²) in [7, 11) is 0. The van der Waals surface area contributed by atoms with Gasteiger partial charge in [0.25, 0.3) is 5.56 Å². The maximum atomic E-state index is 13.0. The Balaban J connectivity index is 1.70. The summed E-state index contributed by atoms with van der Waals surface area (Å²) >= 11 is 8.23. The molecule has 3 rings (SSSR count). The Hall–Kier alpha value is -1.65. The van der Waals surface area contributed by atoms with Crippen LogP contribution < -0.4 is 10.9 Å². The van der Waals surface area contributed by atoms with Gasteiger partial charge in [-0.25, -0.2) is 4.98 Å². The van der Waals surface area contributed by atoms with Gasteiger partial charge in [0.05, 0.1) is 22.7 Å². The zero-order chi connectivity index (χ0) is 18.9. The summed E-state index contributed by atoms with van der Waals surface area (Å²) in [6.07, 6.45) is -4.62. The molecule has 11 heteroatoms. The summed E-state index contributed by atoms with van der Waals surface area (Å²) < 4.78 is 39.0. The molecule has 1 amide bonds. The number of thioether (sulfide) groups is 2. The van der Waals surface area contributed by atoms with Crippen LogP contribution in [0.3, 0.4) is 0 Å². The zero-order valence-corrected chi connectivity index (χ0v) is 15.3. The van der Waals surface area contributed by atoms with E-state index in [1.54, 1.807) is 11.8 Å². The van der Waals surface area contributed by atoms with E-state index >= 15 is 0 Å². The maximum absolute atomic E-state index is 13.0. The van der Waals surface area contributed by atoms with Crippen molar-refractivity contribution in [1.82, 2.24) is 9.97 Å². The highest BCUT2D eigenvalue weighted by molar-refractivity contribution is 7.99. The first-order chi connectivity index (χ1) is 12.2. The van der Waals surface area contributed by atoms with Crippen LogP contribution in [0.15, 0.2) is 28.2 Å². The molecule has 0 bridgehead atoms. The van der Waals surface area contributed by atoms with Gasteiger partial charge in [0.2, 0.25) is 5.91 Å². The van der Waals surface area contributed by atoms with E-state index in [1.165, 1.54) is 0 Å². The number of H-pyrrole nitrogens is 1. The van der Waals surface area contributed by atoms with E-state index in [1.807, 2.05) is 0 Å². The molecule has 0 radical (unpaired) electrons. The standard InChI is InChI=1S/C15H11ClF3N3O2S2/c16-7-1-2-9(15(17,18)19)10(3-7)20-12(23)6-26-14-21-11-5-25-4-8(11)13(24)22-14/h1-3H,4-6H2,(H,20,23)(H,21,22,24). The van der Waals surface area contributed by atoms with Crippen molar-refractivity contribution >= 4 is 46.7 Å². The Kier molecular flexibility index (Phi) is 5.54. The van der Waals surface area contributed by atoms with Gasteiger partial charge in [-0.3, -0.25) is 9.59 Å². The summed E-state index contributed by atoms with van der Waals surface area (Å²) in [6.45, 7) is 0. The molecular weight excluding hydrogens is 411 g/mol. The van der Waals surface area contributed by atoms with E-state index in [0.29, 0.717) is 22.8 Å². The quantitative estimate of drug-likeness (QED) is 0.578. The molecule has 0 fully saturated rings. The lowest BCUT2D eigenvalue weighted by Gasteiger charge is -2.14. The number of nitrogens with one attached hydrogen (secondary N) is 2. The lowest BCUT2D eigenvalue weighted by Crippen LogP contribution is -2.19. The first-order valence-corrected chi connectivity index (χ1v) is 9.75. The number of amides is 1. The van der Waals surface area contributed by atoms with E-state index < -0.39 is 23.3 Å². The fourth-order valence-electron chi connectivity index (χ4n) is 2.30. The van der Waals surface area contributed by atoms with Gasteiger partial charge >= 0.3 is 6.18 Å². The minimum Gasteiger partial charge on any atom is -0.325 e. The molecular formula is C15H11ClF3N3O2S2. The van der Waals surface area contributed by atoms with Crippen molar-refractivity contribution < 1.29 is 18.0 Å². The van der Waals surface area contributed by atoms with Crippen molar-refractivity contribution in [2.45, 2.75) is 22.8 Å². The number of fused-ring (bicyclic) bond motifs is 1. The molecule has 0 saturated carbocycles. The zero-order valence-electron chi connectivity index (χ0n) is 12.9. The number of carbonyl (C=O) groups excluding carboxylic acids is 1. The molecule has 5 nitrogen and oxygen atoms in total. The highest BCUT2D eigenvalue weighted by Gasteiger charge is 2.34. The van der Waals surface area contributed by atoms with E-state index in [2.05, 4.69) is 15.3 Å². The SMILES string of the molecule is O=C(CSc1nc2c(c(=O)[nH]1)CSC2)Nc1cc(Cl)ccc1C(F)(F)F. The third-order valence-electron chi connectivity index (χ3n) is 3.47.